The van der Waals surface area contributed by atoms with Crippen LogP contribution in [0.15, 0.2) is 65.1 Å². The van der Waals surface area contributed by atoms with Crippen molar-refractivity contribution in [1.82, 2.24) is 10.3 Å². The molecule has 6 nitrogen and oxygen atoms in total. The molecular formula is C21H20N2O4. The lowest BCUT2D eigenvalue weighted by Crippen LogP contribution is -2.39. The Morgan fingerprint density at radius 1 is 1.07 bits per heavy atom. The molecule has 0 aliphatic heterocycles. The number of carbonyl (C=O) groups excluding carboxylic acids is 2. The first kappa shape index (κ1) is 18.4. The molecule has 0 saturated carbocycles. The quantitative estimate of drug-likeness (QED) is 0.677. The van der Waals surface area contributed by atoms with Gasteiger partial charge in [-0.3, -0.25) is 4.79 Å². The van der Waals surface area contributed by atoms with Crippen LogP contribution in [0.25, 0.3) is 11.5 Å². The summed E-state index contributed by atoms with van der Waals surface area (Å²) in [6.07, 6.45) is 0. The average molecular weight is 364 g/mol. The highest BCUT2D eigenvalue weighted by Crippen LogP contribution is 2.21. The Bertz CT molecular complexity index is 920. The molecule has 138 valence electrons. The van der Waals surface area contributed by atoms with E-state index >= 15 is 0 Å². The lowest BCUT2D eigenvalue weighted by molar-refractivity contribution is -0.146. The molecule has 0 bridgehead atoms. The van der Waals surface area contributed by atoms with Gasteiger partial charge in [-0.25, -0.2) is 9.78 Å². The fraction of sp³-hybridized carbons (Fsp3) is 0.190. The predicted molar refractivity (Wildman–Crippen MR) is 99.8 cm³/mol. The first-order chi connectivity index (χ1) is 13.0. The van der Waals surface area contributed by atoms with Gasteiger partial charge in [0.05, 0.1) is 0 Å². The maximum atomic E-state index is 12.2. The van der Waals surface area contributed by atoms with Crippen molar-refractivity contribution in [2.45, 2.75) is 26.5 Å². The number of ether oxygens (including phenoxy) is 1. The molecule has 1 heterocycles. The molecule has 1 aromatic heterocycles. The Morgan fingerprint density at radius 3 is 2.37 bits per heavy atom. The van der Waals surface area contributed by atoms with Gasteiger partial charge in [-0.2, -0.15) is 0 Å². The van der Waals surface area contributed by atoms with Gasteiger partial charge in [0.25, 0.3) is 5.91 Å². The highest BCUT2D eigenvalue weighted by molar-refractivity contribution is 5.96. The number of nitrogens with zero attached hydrogens (tertiary/aromatic N) is 1. The number of hydrogen-bond donors (Lipinski definition) is 1. The smallest absolute Gasteiger partial charge is 0.328 e. The van der Waals surface area contributed by atoms with Crippen LogP contribution in [0.4, 0.5) is 0 Å². The second kappa shape index (κ2) is 8.31. The van der Waals surface area contributed by atoms with Crippen LogP contribution >= 0.6 is 0 Å². The topological polar surface area (TPSA) is 81.4 Å². The zero-order valence-corrected chi connectivity index (χ0v) is 15.1. The highest BCUT2D eigenvalue weighted by atomic mass is 16.5. The first-order valence-corrected chi connectivity index (χ1v) is 8.59. The minimum Gasteiger partial charge on any atom is -0.458 e. The Balaban J connectivity index is 1.57. The average Bonchev–Trinajstić information content (AvgIpc) is 3.08. The van der Waals surface area contributed by atoms with E-state index in [1.165, 1.54) is 0 Å². The van der Waals surface area contributed by atoms with Crippen LogP contribution in [0.5, 0.6) is 0 Å². The standard InChI is InChI=1S/C21H20N2O4/c1-14(22-19(24)16-9-5-3-6-10-16)21(25)26-13-18-15(2)27-20(23-18)17-11-7-4-8-12-17/h3-12,14H,13H2,1-2H3,(H,22,24)/t14-/m0/s1. The van der Waals surface area contributed by atoms with Crippen LogP contribution in [-0.4, -0.2) is 22.9 Å². The summed E-state index contributed by atoms with van der Waals surface area (Å²) in [6, 6.07) is 17.4. The van der Waals surface area contributed by atoms with E-state index < -0.39 is 12.0 Å². The van der Waals surface area contributed by atoms with E-state index in [1.54, 1.807) is 38.1 Å². The molecule has 2 aromatic carbocycles. The van der Waals surface area contributed by atoms with E-state index in [9.17, 15) is 9.59 Å². The van der Waals surface area contributed by atoms with Crippen molar-refractivity contribution in [2.75, 3.05) is 0 Å². The van der Waals surface area contributed by atoms with Crippen LogP contribution in [0.3, 0.4) is 0 Å². The predicted octanol–water partition coefficient (Wildman–Crippen LogP) is 3.51. The van der Waals surface area contributed by atoms with E-state index in [-0.39, 0.29) is 12.5 Å². The van der Waals surface area contributed by atoms with Gasteiger partial charge in [0.2, 0.25) is 5.89 Å². The summed E-state index contributed by atoms with van der Waals surface area (Å²) in [6.45, 7) is 3.32. The molecule has 1 atom stereocenters. The van der Waals surface area contributed by atoms with E-state index in [0.717, 1.165) is 5.56 Å². The SMILES string of the molecule is Cc1oc(-c2ccccc2)nc1COC(=O)[C@H](C)NC(=O)c1ccccc1. The Morgan fingerprint density at radius 2 is 1.70 bits per heavy atom. The number of amides is 1. The van der Waals surface area contributed by atoms with Gasteiger partial charge >= 0.3 is 5.97 Å². The number of nitrogens with one attached hydrogen (secondary N) is 1. The van der Waals surface area contributed by atoms with E-state index in [0.29, 0.717) is 22.9 Å². The van der Waals surface area contributed by atoms with Crippen molar-refractivity contribution in [1.29, 1.82) is 0 Å². The van der Waals surface area contributed by atoms with Crippen LogP contribution < -0.4 is 5.32 Å². The summed E-state index contributed by atoms with van der Waals surface area (Å²) >= 11 is 0. The minimum atomic E-state index is -0.779. The number of aromatic nitrogens is 1. The van der Waals surface area contributed by atoms with Crippen LogP contribution in [0.1, 0.15) is 28.7 Å². The zero-order chi connectivity index (χ0) is 19.2. The van der Waals surface area contributed by atoms with E-state index in [4.69, 9.17) is 9.15 Å². The fourth-order valence-electron chi connectivity index (χ4n) is 2.46. The molecule has 0 aliphatic carbocycles. The summed E-state index contributed by atoms with van der Waals surface area (Å²) in [7, 11) is 0. The summed E-state index contributed by atoms with van der Waals surface area (Å²) < 4.78 is 10.9. The lowest BCUT2D eigenvalue weighted by Gasteiger charge is -2.13. The van der Waals surface area contributed by atoms with Gasteiger partial charge in [0, 0.05) is 11.1 Å². The van der Waals surface area contributed by atoms with Crippen LogP contribution in [0, 0.1) is 6.92 Å². The van der Waals surface area contributed by atoms with E-state index in [2.05, 4.69) is 10.3 Å². The maximum absolute atomic E-state index is 12.2. The lowest BCUT2D eigenvalue weighted by atomic mass is 10.2. The van der Waals surface area contributed by atoms with E-state index in [1.807, 2.05) is 36.4 Å². The van der Waals surface area contributed by atoms with Crippen molar-refractivity contribution in [2.24, 2.45) is 0 Å². The zero-order valence-electron chi connectivity index (χ0n) is 15.1. The molecule has 0 fully saturated rings. The molecule has 0 saturated heterocycles. The number of oxazole rings is 1. The van der Waals surface area contributed by atoms with Gasteiger partial charge in [0.1, 0.15) is 24.1 Å². The summed E-state index contributed by atoms with van der Waals surface area (Å²) in [5.41, 5.74) is 1.88. The Hall–Kier alpha value is -3.41. The monoisotopic (exact) mass is 364 g/mol. The summed E-state index contributed by atoms with van der Waals surface area (Å²) in [4.78, 5) is 28.7. The number of rotatable bonds is 6. The van der Waals surface area contributed by atoms with Crippen molar-refractivity contribution in [3.8, 4) is 11.5 Å². The van der Waals surface area contributed by atoms with Crippen molar-refractivity contribution >= 4 is 11.9 Å². The molecule has 0 aliphatic rings. The second-order valence-electron chi connectivity index (χ2n) is 6.06. The molecule has 0 radical (unpaired) electrons. The molecule has 3 rings (SSSR count). The minimum absolute atomic E-state index is 0.0213. The highest BCUT2D eigenvalue weighted by Gasteiger charge is 2.19. The molecular weight excluding hydrogens is 344 g/mol. The Kier molecular flexibility index (Phi) is 5.66. The van der Waals surface area contributed by atoms with Crippen LogP contribution in [-0.2, 0) is 16.1 Å². The van der Waals surface area contributed by atoms with Gasteiger partial charge in [-0.1, -0.05) is 36.4 Å². The van der Waals surface area contributed by atoms with Gasteiger partial charge in [-0.15, -0.1) is 0 Å². The normalized spacial score (nSPS) is 11.6. The molecule has 0 unspecified atom stereocenters. The third-order valence-corrected chi connectivity index (χ3v) is 4.00. The maximum Gasteiger partial charge on any atom is 0.328 e. The van der Waals surface area contributed by atoms with Crippen molar-refractivity contribution in [3.63, 3.8) is 0 Å². The summed E-state index contributed by atoms with van der Waals surface area (Å²) in [5, 5.41) is 2.62. The largest absolute Gasteiger partial charge is 0.458 e. The molecule has 1 N–H and O–H groups in total. The second-order valence-corrected chi connectivity index (χ2v) is 6.06. The number of hydrogen-bond acceptors (Lipinski definition) is 5. The molecule has 0 spiro atoms. The summed E-state index contributed by atoms with van der Waals surface area (Å²) in [5.74, 6) is 0.194. The number of aryl methyl sites for hydroxylation is 1. The number of benzene rings is 2. The molecule has 3 aromatic rings. The third-order valence-electron chi connectivity index (χ3n) is 4.00. The van der Waals surface area contributed by atoms with Gasteiger partial charge < -0.3 is 14.5 Å². The third kappa shape index (κ3) is 4.61. The van der Waals surface area contributed by atoms with Gasteiger partial charge in [-0.05, 0) is 38.1 Å². The fourth-order valence-corrected chi connectivity index (χ4v) is 2.46. The van der Waals surface area contributed by atoms with Crippen LogP contribution in [0.2, 0.25) is 0 Å². The number of esters is 1. The van der Waals surface area contributed by atoms with Gasteiger partial charge in [0.15, 0.2) is 0 Å². The molecule has 27 heavy (non-hydrogen) atoms. The Labute approximate surface area is 157 Å². The first-order valence-electron chi connectivity index (χ1n) is 8.59. The molecule has 1 amide bonds. The van der Waals surface area contributed by atoms with Crippen molar-refractivity contribution < 1.29 is 18.7 Å². The molecule has 6 heteroatoms. The van der Waals surface area contributed by atoms with Crippen molar-refractivity contribution in [3.05, 3.63) is 77.7 Å². The number of carbonyl (C=O) groups is 2.